The number of rotatable bonds is 9. The van der Waals surface area contributed by atoms with Gasteiger partial charge in [-0.15, -0.1) is 0 Å². The number of esters is 2. The number of aryl methyl sites for hydroxylation is 1. The number of benzene rings is 2. The molecule has 0 atom stereocenters. The molecule has 2 heterocycles. The number of imidazole rings is 1. The van der Waals surface area contributed by atoms with Gasteiger partial charge in [-0.2, -0.15) is 5.10 Å². The summed E-state index contributed by atoms with van der Waals surface area (Å²) < 4.78 is 19.1. The van der Waals surface area contributed by atoms with Crippen molar-refractivity contribution in [3.63, 3.8) is 0 Å². The van der Waals surface area contributed by atoms with Crippen molar-refractivity contribution in [2.75, 3.05) is 20.8 Å². The molecule has 0 aliphatic carbocycles. The molecule has 2 aromatic carbocycles. The van der Waals surface area contributed by atoms with Gasteiger partial charge in [0.25, 0.3) is 0 Å². The Labute approximate surface area is 196 Å². The molecule has 0 fully saturated rings. The summed E-state index contributed by atoms with van der Waals surface area (Å²) in [5, 5.41) is 4.59. The van der Waals surface area contributed by atoms with Crippen LogP contribution in [0.2, 0.25) is 0 Å². The highest BCUT2D eigenvalue weighted by Crippen LogP contribution is 2.30. The van der Waals surface area contributed by atoms with E-state index in [1.54, 1.807) is 48.9 Å². The Kier molecular flexibility index (Phi) is 7.02. The maximum Gasteiger partial charge on any atom is 0.357 e. The Balaban J connectivity index is 1.63. The van der Waals surface area contributed by atoms with Crippen molar-refractivity contribution in [1.82, 2.24) is 19.3 Å². The van der Waals surface area contributed by atoms with Crippen LogP contribution < -0.4 is 4.74 Å². The van der Waals surface area contributed by atoms with Gasteiger partial charge in [-0.25, -0.2) is 19.3 Å². The van der Waals surface area contributed by atoms with Crippen LogP contribution >= 0.6 is 0 Å². The first-order valence-electron chi connectivity index (χ1n) is 10.7. The van der Waals surface area contributed by atoms with Gasteiger partial charge in [-0.05, 0) is 42.8 Å². The maximum atomic E-state index is 12.7. The molecule has 0 N–H and O–H groups in total. The van der Waals surface area contributed by atoms with E-state index < -0.39 is 11.9 Å². The second kappa shape index (κ2) is 10.5. The van der Waals surface area contributed by atoms with Gasteiger partial charge < -0.3 is 18.8 Å². The molecular weight excluding hydrogens is 436 g/mol. The molecule has 4 rings (SSSR count). The lowest BCUT2D eigenvalue weighted by atomic mass is 10.1. The van der Waals surface area contributed by atoms with Crippen molar-refractivity contribution < 1.29 is 23.8 Å². The summed E-state index contributed by atoms with van der Waals surface area (Å²) in [5.74, 6) is -0.692. The first-order chi connectivity index (χ1) is 16.6. The van der Waals surface area contributed by atoms with Gasteiger partial charge in [0.15, 0.2) is 5.69 Å². The van der Waals surface area contributed by atoms with E-state index in [4.69, 9.17) is 14.2 Å². The number of aromatic nitrogens is 4. The predicted molar refractivity (Wildman–Crippen MR) is 124 cm³/mol. The highest BCUT2D eigenvalue weighted by atomic mass is 16.5. The summed E-state index contributed by atoms with van der Waals surface area (Å²) in [6.45, 7) is 1.36. The fourth-order valence-corrected chi connectivity index (χ4v) is 3.52. The zero-order chi connectivity index (χ0) is 23.9. The molecule has 174 valence electrons. The fraction of sp³-hybridized carbons (Fsp3) is 0.200. The Bertz CT molecular complexity index is 1250. The zero-order valence-corrected chi connectivity index (χ0v) is 18.9. The number of methoxy groups -OCH3 is 2. The molecule has 0 saturated heterocycles. The van der Waals surface area contributed by atoms with Crippen molar-refractivity contribution >= 4 is 11.9 Å². The van der Waals surface area contributed by atoms with Gasteiger partial charge in [0, 0.05) is 24.5 Å². The topological polar surface area (TPSA) is 97.5 Å². The number of carbonyl (C=O) groups excluding carboxylic acids is 2. The summed E-state index contributed by atoms with van der Waals surface area (Å²) in [4.78, 5) is 29.4. The standard InChI is InChI=1S/C25H24N4O5/c1-32-24(30)21-22(27-29(23(21)25(31)33-2)19-7-4-3-5-8-19)18-9-11-20(12-10-18)34-16-6-14-28-15-13-26-17-28/h3-5,7-13,15,17H,6,14,16H2,1-2H3. The van der Waals surface area contributed by atoms with Crippen LogP contribution in [0.3, 0.4) is 0 Å². The lowest BCUT2D eigenvalue weighted by Crippen LogP contribution is -2.15. The van der Waals surface area contributed by atoms with E-state index in [1.165, 1.54) is 18.9 Å². The van der Waals surface area contributed by atoms with Gasteiger partial charge in [-0.3, -0.25) is 0 Å². The van der Waals surface area contributed by atoms with E-state index in [2.05, 4.69) is 10.1 Å². The van der Waals surface area contributed by atoms with Crippen molar-refractivity contribution in [1.29, 1.82) is 0 Å². The minimum atomic E-state index is -0.694. The van der Waals surface area contributed by atoms with Crippen LogP contribution in [0, 0.1) is 0 Å². The third-order valence-corrected chi connectivity index (χ3v) is 5.17. The first-order valence-corrected chi connectivity index (χ1v) is 10.7. The van der Waals surface area contributed by atoms with Crippen LogP contribution in [0.1, 0.15) is 27.3 Å². The van der Waals surface area contributed by atoms with Crippen molar-refractivity contribution in [3.8, 4) is 22.7 Å². The molecule has 0 aliphatic heterocycles. The number of ether oxygens (including phenoxy) is 3. The van der Waals surface area contributed by atoms with Crippen LogP contribution in [0.25, 0.3) is 16.9 Å². The lowest BCUT2D eigenvalue weighted by molar-refractivity contribution is 0.0549. The Morgan fingerprint density at radius 3 is 2.32 bits per heavy atom. The second-order valence-corrected chi connectivity index (χ2v) is 7.33. The minimum absolute atomic E-state index is 0.00428. The van der Waals surface area contributed by atoms with E-state index in [1.807, 2.05) is 29.0 Å². The van der Waals surface area contributed by atoms with Crippen LogP contribution in [-0.4, -0.2) is 52.1 Å². The quantitative estimate of drug-likeness (QED) is 0.277. The average molecular weight is 460 g/mol. The molecule has 0 aliphatic rings. The molecule has 0 saturated carbocycles. The smallest absolute Gasteiger partial charge is 0.357 e. The number of hydrogen-bond acceptors (Lipinski definition) is 7. The minimum Gasteiger partial charge on any atom is -0.494 e. The molecule has 4 aromatic rings. The molecule has 0 spiro atoms. The van der Waals surface area contributed by atoms with Gasteiger partial charge >= 0.3 is 11.9 Å². The van der Waals surface area contributed by atoms with Crippen molar-refractivity contribution in [3.05, 3.63) is 84.6 Å². The summed E-state index contributed by atoms with van der Waals surface area (Å²) in [7, 11) is 2.51. The van der Waals surface area contributed by atoms with Crippen LogP contribution in [0.15, 0.2) is 73.3 Å². The van der Waals surface area contributed by atoms with Crippen molar-refractivity contribution in [2.24, 2.45) is 0 Å². The van der Waals surface area contributed by atoms with Gasteiger partial charge in [-0.1, -0.05) is 18.2 Å². The van der Waals surface area contributed by atoms with E-state index >= 15 is 0 Å². The fourth-order valence-electron chi connectivity index (χ4n) is 3.52. The average Bonchev–Trinajstić information content (AvgIpc) is 3.55. The molecule has 0 unspecified atom stereocenters. The SMILES string of the molecule is COC(=O)c1c(-c2ccc(OCCCn3ccnc3)cc2)nn(-c2ccccc2)c1C(=O)OC. The first kappa shape index (κ1) is 22.8. The number of hydrogen-bond donors (Lipinski definition) is 0. The van der Waals surface area contributed by atoms with Gasteiger partial charge in [0.1, 0.15) is 17.0 Å². The van der Waals surface area contributed by atoms with Crippen LogP contribution in [0.5, 0.6) is 5.75 Å². The molecule has 0 bridgehead atoms. The van der Waals surface area contributed by atoms with Crippen LogP contribution in [0.4, 0.5) is 0 Å². The Morgan fingerprint density at radius 2 is 1.68 bits per heavy atom. The molecule has 2 aromatic heterocycles. The summed E-state index contributed by atoms with van der Waals surface area (Å²) in [6, 6.07) is 16.2. The molecule has 0 radical (unpaired) electrons. The third kappa shape index (κ3) is 4.83. The monoisotopic (exact) mass is 460 g/mol. The van der Waals surface area contributed by atoms with Crippen molar-refractivity contribution in [2.45, 2.75) is 13.0 Å². The second-order valence-electron chi connectivity index (χ2n) is 7.33. The number of carbonyl (C=O) groups is 2. The molecule has 0 amide bonds. The van der Waals surface area contributed by atoms with E-state index in [-0.39, 0.29) is 11.3 Å². The molecule has 9 heteroatoms. The summed E-state index contributed by atoms with van der Waals surface area (Å²) in [5.41, 5.74) is 1.58. The lowest BCUT2D eigenvalue weighted by Gasteiger charge is -2.08. The number of para-hydroxylation sites is 1. The van der Waals surface area contributed by atoms with E-state index in [9.17, 15) is 9.59 Å². The summed E-state index contributed by atoms with van der Waals surface area (Å²) >= 11 is 0. The predicted octanol–water partition coefficient (Wildman–Crippen LogP) is 3.78. The largest absolute Gasteiger partial charge is 0.494 e. The van der Waals surface area contributed by atoms with Gasteiger partial charge in [0.2, 0.25) is 0 Å². The third-order valence-electron chi connectivity index (χ3n) is 5.17. The zero-order valence-electron chi connectivity index (χ0n) is 18.9. The highest BCUT2D eigenvalue weighted by molar-refractivity contribution is 6.06. The normalized spacial score (nSPS) is 10.6. The number of nitrogens with zero attached hydrogens (tertiary/aromatic N) is 4. The van der Waals surface area contributed by atoms with Crippen LogP contribution in [-0.2, 0) is 16.0 Å². The molecular formula is C25H24N4O5. The Hall–Kier alpha value is -4.40. The maximum absolute atomic E-state index is 12.7. The molecule has 34 heavy (non-hydrogen) atoms. The highest BCUT2D eigenvalue weighted by Gasteiger charge is 2.31. The Morgan fingerprint density at radius 1 is 0.941 bits per heavy atom. The van der Waals surface area contributed by atoms with E-state index in [0.29, 0.717) is 29.3 Å². The van der Waals surface area contributed by atoms with E-state index in [0.717, 1.165) is 13.0 Å². The summed E-state index contributed by atoms with van der Waals surface area (Å²) in [6.07, 6.45) is 6.25. The van der Waals surface area contributed by atoms with Gasteiger partial charge in [0.05, 0.1) is 32.8 Å². The molecule has 9 nitrogen and oxygen atoms in total.